The van der Waals surface area contributed by atoms with Gasteiger partial charge in [0, 0.05) is 54.8 Å². The molecule has 1 aromatic heterocycles. The summed E-state index contributed by atoms with van der Waals surface area (Å²) in [5, 5.41) is 14.3. The van der Waals surface area contributed by atoms with Gasteiger partial charge in [-0.1, -0.05) is 47.1 Å². The first-order valence-electron chi connectivity index (χ1n) is 12.1. The molecular formula is C29H32ClN3O2. The molecule has 0 radical (unpaired) electrons. The Hall–Kier alpha value is -3.18. The van der Waals surface area contributed by atoms with Crippen LogP contribution >= 0.6 is 11.6 Å². The fourth-order valence-electron chi connectivity index (χ4n) is 5.10. The Morgan fingerprint density at radius 1 is 1.11 bits per heavy atom. The average molecular weight is 490 g/mol. The van der Waals surface area contributed by atoms with Crippen LogP contribution in [0.1, 0.15) is 71.5 Å². The molecule has 0 aliphatic carbocycles. The third-order valence-corrected chi connectivity index (χ3v) is 7.34. The Bertz CT molecular complexity index is 1210. The van der Waals surface area contributed by atoms with Gasteiger partial charge in [-0.15, -0.1) is 0 Å². The Kier molecular flexibility index (Phi) is 7.86. The highest BCUT2D eigenvalue weighted by atomic mass is 35.5. The predicted molar refractivity (Wildman–Crippen MR) is 141 cm³/mol. The van der Waals surface area contributed by atoms with Gasteiger partial charge in [0.2, 0.25) is 5.91 Å². The minimum Gasteiger partial charge on any atom is -0.411 e. The summed E-state index contributed by atoms with van der Waals surface area (Å²) in [7, 11) is 0. The second-order valence-corrected chi connectivity index (χ2v) is 9.87. The number of hydrogen-bond acceptors (Lipinski definition) is 4. The summed E-state index contributed by atoms with van der Waals surface area (Å²) in [6, 6.07) is 18.6. The van der Waals surface area contributed by atoms with Crippen LogP contribution in [0, 0.1) is 13.8 Å². The molecule has 0 spiro atoms. The van der Waals surface area contributed by atoms with Crippen LogP contribution in [0.5, 0.6) is 0 Å². The molecule has 0 saturated carbocycles. The van der Waals surface area contributed by atoms with Gasteiger partial charge in [-0.05, 0) is 79.1 Å². The van der Waals surface area contributed by atoms with Crippen molar-refractivity contribution in [2.45, 2.75) is 51.9 Å². The summed E-state index contributed by atoms with van der Waals surface area (Å²) < 4.78 is 0. The molecule has 1 aliphatic rings. The zero-order valence-electron chi connectivity index (χ0n) is 20.5. The molecule has 3 aromatic rings. The summed E-state index contributed by atoms with van der Waals surface area (Å²) >= 11 is 6.26. The van der Waals surface area contributed by atoms with Gasteiger partial charge in [0.25, 0.3) is 0 Å². The van der Waals surface area contributed by atoms with E-state index in [4.69, 9.17) is 11.6 Å². The quantitative estimate of drug-likeness (QED) is 0.245. The lowest BCUT2D eigenvalue weighted by Crippen LogP contribution is -2.36. The topological polar surface area (TPSA) is 65.8 Å². The van der Waals surface area contributed by atoms with Gasteiger partial charge in [-0.2, -0.15) is 0 Å². The molecule has 1 atom stereocenters. The summed E-state index contributed by atoms with van der Waals surface area (Å²) in [6.45, 7) is 7.27. The van der Waals surface area contributed by atoms with Crippen LogP contribution in [0.15, 0.2) is 65.9 Å². The number of halogens is 1. The van der Waals surface area contributed by atoms with Crippen molar-refractivity contribution < 1.29 is 10.0 Å². The van der Waals surface area contributed by atoms with Crippen LogP contribution in [0.25, 0.3) is 0 Å². The van der Waals surface area contributed by atoms with E-state index in [9.17, 15) is 10.0 Å². The number of piperidine rings is 1. The zero-order valence-corrected chi connectivity index (χ0v) is 21.3. The number of amides is 1. The van der Waals surface area contributed by atoms with E-state index >= 15 is 0 Å². The van der Waals surface area contributed by atoms with Crippen molar-refractivity contribution in [2.24, 2.45) is 5.16 Å². The number of hydrogen-bond donors (Lipinski definition) is 1. The van der Waals surface area contributed by atoms with Gasteiger partial charge in [0.15, 0.2) is 0 Å². The van der Waals surface area contributed by atoms with Crippen LogP contribution in [-0.4, -0.2) is 39.8 Å². The minimum atomic E-state index is 0.000230. The Labute approximate surface area is 212 Å². The van der Waals surface area contributed by atoms with Crippen molar-refractivity contribution >= 4 is 23.2 Å². The second kappa shape index (κ2) is 11.0. The molecule has 2 heterocycles. The molecule has 4 rings (SSSR count). The van der Waals surface area contributed by atoms with E-state index in [-0.39, 0.29) is 11.8 Å². The average Bonchev–Trinajstić information content (AvgIpc) is 2.86. The van der Waals surface area contributed by atoms with E-state index in [1.54, 1.807) is 13.1 Å². The lowest BCUT2D eigenvalue weighted by Gasteiger charge is -2.31. The van der Waals surface area contributed by atoms with Gasteiger partial charge < -0.3 is 10.1 Å². The third kappa shape index (κ3) is 5.91. The predicted octanol–water partition coefficient (Wildman–Crippen LogP) is 6.48. The molecule has 1 N–H and O–H groups in total. The third-order valence-electron chi connectivity index (χ3n) is 7.11. The number of benzene rings is 2. The van der Waals surface area contributed by atoms with Crippen LogP contribution in [0.2, 0.25) is 5.02 Å². The second-order valence-electron chi connectivity index (χ2n) is 9.44. The first kappa shape index (κ1) is 24.9. The summed E-state index contributed by atoms with van der Waals surface area (Å²) in [6.07, 6.45) is 4.26. The number of carbonyl (C=O) groups excluding carboxylic acids is 1. The van der Waals surface area contributed by atoms with Gasteiger partial charge in [-0.25, -0.2) is 0 Å². The molecule has 6 heteroatoms. The zero-order chi connectivity index (χ0) is 24.9. The van der Waals surface area contributed by atoms with Gasteiger partial charge in [-0.3, -0.25) is 9.78 Å². The van der Waals surface area contributed by atoms with E-state index in [0.29, 0.717) is 23.1 Å². The Morgan fingerprint density at radius 2 is 1.83 bits per heavy atom. The van der Waals surface area contributed by atoms with Crippen molar-refractivity contribution in [3.05, 3.63) is 99.3 Å². The molecule has 5 nitrogen and oxygen atoms in total. The van der Waals surface area contributed by atoms with E-state index in [2.05, 4.69) is 47.4 Å². The maximum atomic E-state index is 11.7. The number of carbonyl (C=O) groups is 1. The minimum absolute atomic E-state index is 0.000230. The van der Waals surface area contributed by atoms with Crippen molar-refractivity contribution in [1.29, 1.82) is 0 Å². The largest absolute Gasteiger partial charge is 0.411 e. The van der Waals surface area contributed by atoms with Crippen molar-refractivity contribution in [2.75, 3.05) is 13.1 Å². The smallest absolute Gasteiger partial charge is 0.219 e. The monoisotopic (exact) mass is 489 g/mol. The maximum absolute atomic E-state index is 11.7. The van der Waals surface area contributed by atoms with E-state index in [1.807, 2.05) is 36.1 Å². The number of pyridine rings is 1. The fourth-order valence-corrected chi connectivity index (χ4v) is 5.33. The number of nitrogens with zero attached hydrogens (tertiary/aromatic N) is 3. The molecule has 1 unspecified atom stereocenters. The number of rotatable bonds is 6. The normalized spacial score (nSPS) is 15.8. The van der Waals surface area contributed by atoms with Crippen LogP contribution in [-0.2, 0) is 4.79 Å². The number of aryl methyl sites for hydroxylation is 2. The lowest BCUT2D eigenvalue weighted by molar-refractivity contribution is -0.129. The maximum Gasteiger partial charge on any atom is 0.219 e. The Morgan fingerprint density at radius 3 is 2.43 bits per heavy atom. The molecular weight excluding hydrogens is 458 g/mol. The van der Waals surface area contributed by atoms with Gasteiger partial charge in [0.1, 0.15) is 0 Å². The van der Waals surface area contributed by atoms with Gasteiger partial charge >= 0.3 is 0 Å². The molecule has 35 heavy (non-hydrogen) atoms. The highest BCUT2D eigenvalue weighted by molar-refractivity contribution is 6.30. The van der Waals surface area contributed by atoms with Gasteiger partial charge in [0.05, 0.1) is 5.71 Å². The highest BCUT2D eigenvalue weighted by Gasteiger charge is 2.24. The Balaban J connectivity index is 1.63. The van der Waals surface area contributed by atoms with E-state index in [1.165, 1.54) is 5.56 Å². The van der Waals surface area contributed by atoms with Crippen LogP contribution in [0.3, 0.4) is 0 Å². The highest BCUT2D eigenvalue weighted by Crippen LogP contribution is 2.35. The molecule has 2 aromatic carbocycles. The molecule has 182 valence electrons. The van der Waals surface area contributed by atoms with Crippen molar-refractivity contribution in [3.63, 3.8) is 0 Å². The first-order valence-corrected chi connectivity index (χ1v) is 12.5. The van der Waals surface area contributed by atoms with Crippen LogP contribution < -0.4 is 0 Å². The number of likely N-dealkylation sites (tertiary alicyclic amines) is 1. The summed E-state index contributed by atoms with van der Waals surface area (Å²) in [5.74, 6) is 0.621. The molecule has 1 fully saturated rings. The first-order chi connectivity index (χ1) is 16.9. The fraction of sp³-hybridized carbons (Fsp3) is 0.345. The summed E-state index contributed by atoms with van der Waals surface area (Å²) in [4.78, 5) is 17.9. The SMILES string of the molecule is CC(=O)N1CCC(c2ccc(C(CC(=NO)c3ccnc(C)c3)c3ccc(Cl)cc3C)cc2)CC1. The lowest BCUT2D eigenvalue weighted by atomic mass is 9.82. The van der Waals surface area contributed by atoms with E-state index in [0.717, 1.165) is 53.9 Å². The number of oxime groups is 1. The summed E-state index contributed by atoms with van der Waals surface area (Å²) in [5.41, 5.74) is 7.09. The standard InChI is InChI=1S/C29H32ClN3O2/c1-19-16-26(30)8-9-27(19)28(18-29(32-35)25-10-13-31-20(2)17-25)24-6-4-22(5-7-24)23-11-14-33(15-12-23)21(3)34/h4-10,13,16-17,23,28,35H,11-12,14-15,18H2,1-3H3. The molecule has 1 amide bonds. The van der Waals surface area contributed by atoms with E-state index < -0.39 is 0 Å². The molecule has 1 aliphatic heterocycles. The number of aromatic nitrogens is 1. The molecule has 1 saturated heterocycles. The van der Waals surface area contributed by atoms with Crippen LogP contribution in [0.4, 0.5) is 0 Å². The van der Waals surface area contributed by atoms with Crippen molar-refractivity contribution in [1.82, 2.24) is 9.88 Å². The van der Waals surface area contributed by atoms with Crippen molar-refractivity contribution in [3.8, 4) is 0 Å². The molecule has 0 bridgehead atoms.